The van der Waals surface area contributed by atoms with E-state index >= 15 is 0 Å². The van der Waals surface area contributed by atoms with Gasteiger partial charge < -0.3 is 30.7 Å². The van der Waals surface area contributed by atoms with E-state index in [0.717, 1.165) is 57.8 Å². The van der Waals surface area contributed by atoms with Crippen LogP contribution in [0.5, 0.6) is 0 Å². The lowest BCUT2D eigenvalue weighted by atomic mass is 10.0. The number of hydrogen-bond donors (Lipinski definition) is 3. The van der Waals surface area contributed by atoms with Gasteiger partial charge in [0.25, 0.3) is 17.7 Å². The van der Waals surface area contributed by atoms with E-state index in [2.05, 4.69) is 72.2 Å². The van der Waals surface area contributed by atoms with Crippen LogP contribution in [0.15, 0.2) is 18.2 Å². The van der Waals surface area contributed by atoms with E-state index in [4.69, 9.17) is 0 Å². The lowest BCUT2D eigenvalue weighted by molar-refractivity contribution is 0.0952. The Bertz CT molecular complexity index is 1690. The van der Waals surface area contributed by atoms with Gasteiger partial charge in [0.15, 0.2) is 0 Å². The summed E-state index contributed by atoms with van der Waals surface area (Å²) in [5.74, 6) is -0.615. The molecule has 1 rings (SSSR count). The maximum absolute atomic E-state index is 14.1. The number of rotatable bonds is 90. The Morgan fingerprint density at radius 1 is 0.176 bits per heavy atom. The fraction of sp³-hybridized carbons (Fsp3) is 0.909. The maximum atomic E-state index is 14.1. The van der Waals surface area contributed by atoms with E-state index in [1.165, 1.54) is 463 Å². The van der Waals surface area contributed by atoms with Crippen LogP contribution >= 0.6 is 0 Å². The van der Waals surface area contributed by atoms with Crippen molar-refractivity contribution in [1.82, 2.24) is 30.7 Å². The number of hydrogen-bond acceptors (Lipinski definition) is 6. The van der Waals surface area contributed by atoms with Crippen molar-refractivity contribution in [2.24, 2.45) is 0 Å². The van der Waals surface area contributed by atoms with Gasteiger partial charge in [-0.05, 0) is 154 Å². The minimum absolute atomic E-state index is 0.205. The third-order valence-corrected chi connectivity index (χ3v) is 23.7. The first-order chi connectivity index (χ1) is 53.3. The molecule has 0 aliphatic carbocycles. The summed E-state index contributed by atoms with van der Waals surface area (Å²) in [6, 6.07) is 5.15. The Kier molecular flexibility index (Phi) is 81.9. The van der Waals surface area contributed by atoms with Crippen LogP contribution in [0.25, 0.3) is 0 Å². The summed E-state index contributed by atoms with van der Waals surface area (Å²) in [4.78, 5) is 50.5. The van der Waals surface area contributed by atoms with Gasteiger partial charge in [0, 0.05) is 36.3 Å². The lowest BCUT2D eigenvalue weighted by Gasteiger charge is -2.22. The van der Waals surface area contributed by atoms with Crippen molar-refractivity contribution >= 4 is 17.7 Å². The van der Waals surface area contributed by atoms with Gasteiger partial charge in [0.05, 0.1) is 0 Å². The Labute approximate surface area is 676 Å². The van der Waals surface area contributed by atoms with Crippen LogP contribution in [0.3, 0.4) is 0 Å². The molecule has 3 N–H and O–H groups in total. The number of nitrogens with zero attached hydrogens (tertiary/aromatic N) is 3. The highest BCUT2D eigenvalue weighted by Crippen LogP contribution is 2.21. The van der Waals surface area contributed by atoms with Gasteiger partial charge in [0.2, 0.25) is 0 Å². The fourth-order valence-corrected chi connectivity index (χ4v) is 16.3. The van der Waals surface area contributed by atoms with Gasteiger partial charge in [-0.2, -0.15) is 0 Å². The van der Waals surface area contributed by atoms with E-state index < -0.39 is 0 Å². The zero-order chi connectivity index (χ0) is 77.8. The molecular weight excluding hydrogens is 1320 g/mol. The topological polar surface area (TPSA) is 97.0 Å². The van der Waals surface area contributed by atoms with Crippen LogP contribution in [0.1, 0.15) is 535 Å². The summed E-state index contributed by atoms with van der Waals surface area (Å²) >= 11 is 0. The molecular formula is C99H192N6O3. The standard InChI is InChI=1S/C99H192N6O3/c1-7-13-19-25-31-37-43-49-58-70-82-103(83-71-59-50-44-38-32-26-20-14-8-2)88-76-64-55-67-79-100-97(106)94-91-95(98(107)101-80-68-56-65-77-89-104(84-72-60-51-45-39-33-27-21-15-9-3)85-73-61-52-46-40-34-28-22-16-10-4)93-96(92-94)99(108)102-81-69-57-66-78-90-105(86-74-62-53-47-41-35-29-23-17-11-5)87-75-63-54-48-42-36-30-24-18-12-6/h91-93H,7-90H2,1-6H3,(H,100,106)(H,101,107)(H,102,108). The zero-order valence-corrected chi connectivity index (χ0v) is 74.2. The van der Waals surface area contributed by atoms with E-state index in [9.17, 15) is 14.4 Å². The molecule has 0 unspecified atom stereocenters. The van der Waals surface area contributed by atoms with Crippen molar-refractivity contribution in [3.63, 3.8) is 0 Å². The lowest BCUT2D eigenvalue weighted by Crippen LogP contribution is -2.29. The van der Waals surface area contributed by atoms with Gasteiger partial charge in [-0.1, -0.05) is 427 Å². The van der Waals surface area contributed by atoms with Gasteiger partial charge in [-0.15, -0.1) is 0 Å². The molecule has 9 nitrogen and oxygen atoms in total. The molecule has 3 amide bonds. The first-order valence-corrected chi connectivity index (χ1v) is 49.5. The third kappa shape index (κ3) is 71.3. The van der Waals surface area contributed by atoms with E-state index in [0.29, 0.717) is 36.3 Å². The second kappa shape index (κ2) is 85.4. The molecule has 0 aliphatic heterocycles. The van der Waals surface area contributed by atoms with Crippen molar-refractivity contribution in [3.05, 3.63) is 34.9 Å². The van der Waals surface area contributed by atoms with Crippen LogP contribution < -0.4 is 16.0 Å². The number of amides is 3. The summed E-state index contributed by atoms with van der Waals surface area (Å²) < 4.78 is 0. The molecule has 0 fully saturated rings. The molecule has 0 saturated heterocycles. The molecule has 9 heteroatoms. The van der Waals surface area contributed by atoms with Crippen molar-refractivity contribution in [3.8, 4) is 0 Å². The predicted octanol–water partition coefficient (Wildman–Crippen LogP) is 30.0. The molecule has 0 radical (unpaired) electrons. The van der Waals surface area contributed by atoms with Crippen LogP contribution in [-0.4, -0.2) is 111 Å². The summed E-state index contributed by atoms with van der Waals surface area (Å²) in [5, 5.41) is 9.62. The number of carbonyl (C=O) groups excluding carboxylic acids is 3. The normalized spacial score (nSPS) is 11.8. The molecule has 0 saturated carbocycles. The minimum atomic E-state index is -0.205. The first-order valence-electron chi connectivity index (χ1n) is 49.5. The fourth-order valence-electron chi connectivity index (χ4n) is 16.3. The average molecular weight is 1510 g/mol. The first kappa shape index (κ1) is 104. The Morgan fingerprint density at radius 3 is 0.417 bits per heavy atom. The Hall–Kier alpha value is -2.49. The number of unbranched alkanes of at least 4 members (excludes halogenated alkanes) is 63. The highest BCUT2D eigenvalue weighted by molar-refractivity contribution is 6.04. The maximum Gasteiger partial charge on any atom is 0.251 e. The molecule has 108 heavy (non-hydrogen) atoms. The second-order valence-electron chi connectivity index (χ2n) is 34.4. The van der Waals surface area contributed by atoms with Crippen molar-refractivity contribution in [1.29, 1.82) is 0 Å². The molecule has 1 aromatic rings. The molecule has 0 atom stereocenters. The smallest absolute Gasteiger partial charge is 0.251 e. The number of nitrogens with one attached hydrogen (secondary N) is 3. The molecule has 0 aromatic heterocycles. The van der Waals surface area contributed by atoms with Gasteiger partial charge in [-0.25, -0.2) is 0 Å². The predicted molar refractivity (Wildman–Crippen MR) is 479 cm³/mol. The third-order valence-electron chi connectivity index (χ3n) is 23.7. The molecule has 0 bridgehead atoms. The molecule has 0 aliphatic rings. The van der Waals surface area contributed by atoms with Crippen LogP contribution in [0.4, 0.5) is 0 Å². The van der Waals surface area contributed by atoms with Crippen LogP contribution in [0, 0.1) is 0 Å². The number of benzene rings is 1. The van der Waals surface area contributed by atoms with Crippen molar-refractivity contribution in [2.45, 2.75) is 504 Å². The zero-order valence-electron chi connectivity index (χ0n) is 74.2. The van der Waals surface area contributed by atoms with Crippen molar-refractivity contribution < 1.29 is 14.4 Å². The summed E-state index contributed by atoms with van der Waals surface area (Å²) in [7, 11) is 0. The van der Waals surface area contributed by atoms with Crippen molar-refractivity contribution in [2.75, 3.05) is 78.5 Å². The summed E-state index contributed by atoms with van der Waals surface area (Å²) in [6.45, 7) is 26.5. The van der Waals surface area contributed by atoms with Crippen LogP contribution in [-0.2, 0) is 0 Å². The molecule has 636 valence electrons. The Balaban J connectivity index is 2.98. The SMILES string of the molecule is CCCCCCCCCCCCN(CCCCCCCCCCCC)CCCCCCNC(=O)c1cc(C(=O)NCCCCCCN(CCCCCCCCCCCC)CCCCCCCCCCCC)cc(C(=O)NCCCCCCN(CCCCCCCCCCCC)CCCCCCCCCCCC)c1. The minimum Gasteiger partial charge on any atom is -0.352 e. The monoisotopic (exact) mass is 1510 g/mol. The van der Waals surface area contributed by atoms with Gasteiger partial charge in [-0.3, -0.25) is 14.4 Å². The second-order valence-corrected chi connectivity index (χ2v) is 34.4. The molecule has 1 aromatic carbocycles. The van der Waals surface area contributed by atoms with Crippen LogP contribution in [0.2, 0.25) is 0 Å². The molecule has 0 spiro atoms. The van der Waals surface area contributed by atoms with E-state index in [1.807, 2.05) is 0 Å². The summed E-state index contributed by atoms with van der Waals surface area (Å²) in [6.07, 6.45) is 96.1. The van der Waals surface area contributed by atoms with E-state index in [1.54, 1.807) is 18.2 Å². The van der Waals surface area contributed by atoms with Gasteiger partial charge in [0.1, 0.15) is 0 Å². The van der Waals surface area contributed by atoms with Gasteiger partial charge >= 0.3 is 0 Å². The average Bonchev–Trinajstić information content (AvgIpc) is 0.828. The quantitative estimate of drug-likeness (QED) is 0.0562. The van der Waals surface area contributed by atoms with E-state index in [-0.39, 0.29) is 17.7 Å². The highest BCUT2D eigenvalue weighted by Gasteiger charge is 2.18. The highest BCUT2D eigenvalue weighted by atomic mass is 16.2. The molecule has 0 heterocycles. The largest absolute Gasteiger partial charge is 0.352 e. The number of carbonyl (C=O) groups is 3. The Morgan fingerprint density at radius 2 is 0.287 bits per heavy atom. The summed E-state index contributed by atoms with van der Waals surface area (Å²) in [5.41, 5.74) is 1.17.